The van der Waals surface area contributed by atoms with Gasteiger partial charge in [-0.15, -0.1) is 0 Å². The van der Waals surface area contributed by atoms with Crippen LogP contribution < -0.4 is 10.5 Å². The fraction of sp³-hybridized carbons (Fsp3) is 0.350. The highest BCUT2D eigenvalue weighted by Gasteiger charge is 2.18. The summed E-state index contributed by atoms with van der Waals surface area (Å²) in [6.45, 7) is 6.56. The third-order valence-electron chi connectivity index (χ3n) is 4.64. The molecule has 138 valence electrons. The maximum absolute atomic E-state index is 12.3. The molecule has 1 aromatic heterocycles. The molecular formula is C20H25N3O3. The standard InChI is InChI=1S/C20H25N3O3/c1-3-22-10-12-23(13-11-22)20(24)9-6-16-5-8-18(26-16)17-7-4-15(21)14-19(17)25-2/h4-9,14H,3,10-13,21H2,1-2H3/b9-6+. The summed E-state index contributed by atoms with van der Waals surface area (Å²) in [5.41, 5.74) is 7.24. The first-order valence-corrected chi connectivity index (χ1v) is 8.83. The van der Waals surface area contributed by atoms with Gasteiger partial charge in [-0.2, -0.15) is 0 Å². The number of anilines is 1. The number of ether oxygens (including phenoxy) is 1. The molecule has 0 radical (unpaired) electrons. The SMILES string of the molecule is CCN1CCN(C(=O)/C=C/c2ccc(-c3ccc(N)cc3OC)o2)CC1. The van der Waals surface area contributed by atoms with E-state index in [-0.39, 0.29) is 5.91 Å². The maximum Gasteiger partial charge on any atom is 0.246 e. The lowest BCUT2D eigenvalue weighted by molar-refractivity contribution is -0.127. The molecule has 0 unspecified atom stereocenters. The van der Waals surface area contributed by atoms with Crippen molar-refractivity contribution in [2.45, 2.75) is 6.92 Å². The molecule has 26 heavy (non-hydrogen) atoms. The molecule has 6 nitrogen and oxygen atoms in total. The fourth-order valence-corrected chi connectivity index (χ4v) is 3.04. The van der Waals surface area contributed by atoms with Gasteiger partial charge in [0.2, 0.25) is 5.91 Å². The summed E-state index contributed by atoms with van der Waals surface area (Å²) in [7, 11) is 1.60. The number of amides is 1. The molecule has 0 spiro atoms. The fourth-order valence-electron chi connectivity index (χ4n) is 3.04. The van der Waals surface area contributed by atoms with Crippen molar-refractivity contribution in [3.05, 3.63) is 42.2 Å². The van der Waals surface area contributed by atoms with Gasteiger partial charge in [0.1, 0.15) is 17.3 Å². The van der Waals surface area contributed by atoms with Crippen molar-refractivity contribution in [2.24, 2.45) is 0 Å². The number of hydrogen-bond donors (Lipinski definition) is 1. The topological polar surface area (TPSA) is 71.9 Å². The van der Waals surface area contributed by atoms with Crippen LogP contribution in [0.25, 0.3) is 17.4 Å². The van der Waals surface area contributed by atoms with Crippen LogP contribution in [0.2, 0.25) is 0 Å². The van der Waals surface area contributed by atoms with Crippen molar-refractivity contribution in [3.8, 4) is 17.1 Å². The summed E-state index contributed by atoms with van der Waals surface area (Å²) in [4.78, 5) is 16.5. The lowest BCUT2D eigenvalue weighted by Gasteiger charge is -2.33. The normalized spacial score (nSPS) is 15.5. The van der Waals surface area contributed by atoms with Crippen molar-refractivity contribution < 1.29 is 13.9 Å². The zero-order chi connectivity index (χ0) is 18.5. The van der Waals surface area contributed by atoms with Gasteiger partial charge in [-0.05, 0) is 36.9 Å². The molecule has 6 heteroatoms. The molecule has 2 aromatic rings. The molecule has 3 rings (SSSR count). The average molecular weight is 355 g/mol. The minimum Gasteiger partial charge on any atom is -0.496 e. The maximum atomic E-state index is 12.3. The lowest BCUT2D eigenvalue weighted by atomic mass is 10.1. The van der Waals surface area contributed by atoms with Crippen LogP contribution in [0, 0.1) is 0 Å². The minimum atomic E-state index is 0.0174. The molecule has 1 aromatic carbocycles. The van der Waals surface area contributed by atoms with Gasteiger partial charge in [0, 0.05) is 44.0 Å². The van der Waals surface area contributed by atoms with Crippen molar-refractivity contribution in [1.82, 2.24) is 9.80 Å². The first-order valence-electron chi connectivity index (χ1n) is 8.83. The predicted octanol–water partition coefficient (Wildman–Crippen LogP) is 2.71. The van der Waals surface area contributed by atoms with E-state index in [0.717, 1.165) is 38.3 Å². The largest absolute Gasteiger partial charge is 0.496 e. The highest BCUT2D eigenvalue weighted by Crippen LogP contribution is 2.33. The Morgan fingerprint density at radius 1 is 1.23 bits per heavy atom. The molecule has 0 bridgehead atoms. The molecule has 1 amide bonds. The minimum absolute atomic E-state index is 0.0174. The Labute approximate surface area is 153 Å². The monoisotopic (exact) mass is 355 g/mol. The number of carbonyl (C=O) groups excluding carboxylic acids is 1. The zero-order valence-corrected chi connectivity index (χ0v) is 15.3. The number of nitrogen functional groups attached to an aromatic ring is 1. The summed E-state index contributed by atoms with van der Waals surface area (Å²) in [6.07, 6.45) is 3.28. The van der Waals surface area contributed by atoms with E-state index >= 15 is 0 Å². The number of methoxy groups -OCH3 is 1. The number of benzene rings is 1. The Hall–Kier alpha value is -2.73. The van der Waals surface area contributed by atoms with Gasteiger partial charge in [-0.1, -0.05) is 6.92 Å². The summed E-state index contributed by atoms with van der Waals surface area (Å²) < 4.78 is 11.2. The number of nitrogens with two attached hydrogens (primary N) is 1. The first-order chi connectivity index (χ1) is 12.6. The molecule has 0 saturated carbocycles. The van der Waals surface area contributed by atoms with E-state index in [1.165, 1.54) is 0 Å². The van der Waals surface area contributed by atoms with Gasteiger partial charge in [0.15, 0.2) is 0 Å². The summed E-state index contributed by atoms with van der Waals surface area (Å²) in [5.74, 6) is 1.97. The van der Waals surface area contributed by atoms with Crippen molar-refractivity contribution in [3.63, 3.8) is 0 Å². The number of piperazine rings is 1. The number of furan rings is 1. The molecule has 1 fully saturated rings. The predicted molar refractivity (Wildman–Crippen MR) is 103 cm³/mol. The van der Waals surface area contributed by atoms with Gasteiger partial charge in [0.05, 0.1) is 12.7 Å². The Morgan fingerprint density at radius 3 is 2.69 bits per heavy atom. The number of nitrogens with zero attached hydrogens (tertiary/aromatic N) is 2. The van der Waals surface area contributed by atoms with Gasteiger partial charge < -0.3 is 24.7 Å². The third-order valence-corrected chi connectivity index (χ3v) is 4.64. The molecule has 0 atom stereocenters. The smallest absolute Gasteiger partial charge is 0.246 e. The summed E-state index contributed by atoms with van der Waals surface area (Å²) in [5, 5.41) is 0. The quantitative estimate of drug-likeness (QED) is 0.659. The van der Waals surface area contributed by atoms with Crippen LogP contribution in [-0.2, 0) is 4.79 Å². The third kappa shape index (κ3) is 4.08. The van der Waals surface area contributed by atoms with Crippen molar-refractivity contribution in [2.75, 3.05) is 45.6 Å². The molecule has 2 heterocycles. The van der Waals surface area contributed by atoms with Crippen LogP contribution in [0.4, 0.5) is 5.69 Å². The highest BCUT2D eigenvalue weighted by atomic mass is 16.5. The Balaban J connectivity index is 1.67. The van der Waals surface area contributed by atoms with E-state index in [0.29, 0.717) is 23.0 Å². The van der Waals surface area contributed by atoms with Crippen LogP contribution in [0.5, 0.6) is 5.75 Å². The molecule has 0 aliphatic carbocycles. The number of likely N-dealkylation sites (N-methyl/N-ethyl adjacent to an activating group) is 1. The van der Waals surface area contributed by atoms with Crippen LogP contribution in [0.15, 0.2) is 40.8 Å². The van der Waals surface area contributed by atoms with Crippen LogP contribution in [0.3, 0.4) is 0 Å². The molecular weight excluding hydrogens is 330 g/mol. The second-order valence-corrected chi connectivity index (χ2v) is 6.25. The number of carbonyl (C=O) groups is 1. The van der Waals surface area contributed by atoms with E-state index in [1.54, 1.807) is 31.4 Å². The highest BCUT2D eigenvalue weighted by molar-refractivity contribution is 5.91. The zero-order valence-electron chi connectivity index (χ0n) is 15.3. The van der Waals surface area contributed by atoms with E-state index in [9.17, 15) is 4.79 Å². The van der Waals surface area contributed by atoms with Gasteiger partial charge in [0.25, 0.3) is 0 Å². The second-order valence-electron chi connectivity index (χ2n) is 6.25. The summed E-state index contributed by atoms with van der Waals surface area (Å²) in [6, 6.07) is 9.11. The van der Waals surface area contributed by atoms with Gasteiger partial charge >= 0.3 is 0 Å². The lowest BCUT2D eigenvalue weighted by Crippen LogP contribution is -2.48. The Kier molecular flexibility index (Phi) is 5.63. The summed E-state index contributed by atoms with van der Waals surface area (Å²) >= 11 is 0. The Bertz CT molecular complexity index is 789. The number of hydrogen-bond acceptors (Lipinski definition) is 5. The van der Waals surface area contributed by atoms with Gasteiger partial charge in [-0.25, -0.2) is 0 Å². The molecule has 2 N–H and O–H groups in total. The first kappa shape index (κ1) is 18.1. The number of rotatable bonds is 5. The molecule has 1 saturated heterocycles. The van der Waals surface area contributed by atoms with Crippen molar-refractivity contribution >= 4 is 17.7 Å². The average Bonchev–Trinajstić information content (AvgIpc) is 3.14. The van der Waals surface area contributed by atoms with E-state index in [4.69, 9.17) is 14.9 Å². The van der Waals surface area contributed by atoms with Crippen molar-refractivity contribution in [1.29, 1.82) is 0 Å². The second kappa shape index (κ2) is 8.10. The van der Waals surface area contributed by atoms with E-state index in [2.05, 4.69) is 11.8 Å². The molecule has 1 aliphatic rings. The molecule has 1 aliphatic heterocycles. The Morgan fingerprint density at radius 2 is 2.00 bits per heavy atom. The van der Waals surface area contributed by atoms with E-state index in [1.807, 2.05) is 23.1 Å². The van der Waals surface area contributed by atoms with Crippen LogP contribution in [0.1, 0.15) is 12.7 Å². The van der Waals surface area contributed by atoms with Crippen LogP contribution in [-0.4, -0.2) is 55.5 Å². The van der Waals surface area contributed by atoms with E-state index < -0.39 is 0 Å². The van der Waals surface area contributed by atoms with Gasteiger partial charge in [-0.3, -0.25) is 4.79 Å². The van der Waals surface area contributed by atoms with Crippen LogP contribution >= 0.6 is 0 Å².